The monoisotopic (exact) mass is 499 g/mol. The number of H-pyrrole nitrogens is 1. The van der Waals surface area contributed by atoms with E-state index in [-0.39, 0.29) is 11.5 Å². The Bertz CT molecular complexity index is 1270. The van der Waals surface area contributed by atoms with Crippen molar-refractivity contribution in [3.8, 4) is 11.1 Å². The van der Waals surface area contributed by atoms with E-state index in [1.807, 2.05) is 61.5 Å². The zero-order chi connectivity index (χ0) is 21.3. The molecule has 152 valence electrons. The molecule has 2 aromatic heterocycles. The zero-order valence-corrected chi connectivity index (χ0v) is 19.5. The van der Waals surface area contributed by atoms with Crippen molar-refractivity contribution in [1.29, 1.82) is 0 Å². The molecule has 4 aromatic rings. The van der Waals surface area contributed by atoms with Crippen molar-refractivity contribution in [2.24, 2.45) is 0 Å². The molecule has 4 rings (SSSR count). The van der Waals surface area contributed by atoms with E-state index < -0.39 is 5.25 Å². The van der Waals surface area contributed by atoms with Gasteiger partial charge in [0.2, 0.25) is 5.91 Å². The maximum atomic E-state index is 12.9. The number of aryl methyl sites for hydroxylation is 1. The smallest absolute Gasteiger partial charge is 0.260 e. The third-order valence-electron chi connectivity index (χ3n) is 4.55. The van der Waals surface area contributed by atoms with Gasteiger partial charge in [-0.1, -0.05) is 58.0 Å². The molecule has 0 saturated heterocycles. The normalized spacial score (nSPS) is 12.1. The first-order chi connectivity index (χ1) is 14.4. The Morgan fingerprint density at radius 3 is 2.57 bits per heavy atom. The molecule has 2 aromatic carbocycles. The van der Waals surface area contributed by atoms with Crippen LogP contribution in [0.1, 0.15) is 11.8 Å². The second kappa shape index (κ2) is 8.75. The highest BCUT2D eigenvalue weighted by Crippen LogP contribution is 2.36. The molecule has 8 heteroatoms. The van der Waals surface area contributed by atoms with Crippen LogP contribution in [0.15, 0.2) is 69.0 Å². The molecule has 5 nitrogen and oxygen atoms in total. The summed E-state index contributed by atoms with van der Waals surface area (Å²) in [5.74, 6) is -0.155. The van der Waals surface area contributed by atoms with Gasteiger partial charge in [0, 0.05) is 20.6 Å². The van der Waals surface area contributed by atoms with Crippen LogP contribution in [0.25, 0.3) is 21.3 Å². The summed E-state index contributed by atoms with van der Waals surface area (Å²) in [6, 6.07) is 17.2. The molecule has 0 aliphatic rings. The number of anilines is 1. The number of halogens is 1. The van der Waals surface area contributed by atoms with Crippen molar-refractivity contribution in [2.75, 3.05) is 5.32 Å². The molecule has 0 saturated carbocycles. The highest BCUT2D eigenvalue weighted by molar-refractivity contribution is 9.10. The van der Waals surface area contributed by atoms with Crippen LogP contribution in [-0.2, 0) is 4.79 Å². The lowest BCUT2D eigenvalue weighted by molar-refractivity contribution is -0.115. The summed E-state index contributed by atoms with van der Waals surface area (Å²) in [7, 11) is 0. The predicted octanol–water partition coefficient (Wildman–Crippen LogP) is 5.84. The lowest BCUT2D eigenvalue weighted by Crippen LogP contribution is -2.23. The fourth-order valence-electron chi connectivity index (χ4n) is 3.11. The van der Waals surface area contributed by atoms with Gasteiger partial charge in [0.15, 0.2) is 5.16 Å². The van der Waals surface area contributed by atoms with Crippen LogP contribution in [0, 0.1) is 6.92 Å². The second-order valence-electron chi connectivity index (χ2n) is 6.71. The van der Waals surface area contributed by atoms with Gasteiger partial charge in [-0.2, -0.15) is 0 Å². The van der Waals surface area contributed by atoms with Crippen molar-refractivity contribution in [3.05, 3.63) is 74.3 Å². The second-order valence-corrected chi connectivity index (χ2v) is 10.2. The Labute approximate surface area is 190 Å². The number of hydrogen-bond acceptors (Lipinski definition) is 5. The van der Waals surface area contributed by atoms with Crippen LogP contribution in [0.4, 0.5) is 5.69 Å². The van der Waals surface area contributed by atoms with E-state index >= 15 is 0 Å². The first-order valence-corrected chi connectivity index (χ1v) is 11.7. The quantitative estimate of drug-likeness (QED) is 0.267. The standard InChI is InChI=1S/C22H18BrN3O2S2/c1-12-17(14-6-4-3-5-7-14)18-20(28)25-22(26-21(18)29-12)30-13(2)19(27)24-16-10-8-15(23)9-11-16/h3-11,13H,1-2H3,(H,24,27)(H,25,26,28). The van der Waals surface area contributed by atoms with Crippen molar-refractivity contribution >= 4 is 60.8 Å². The van der Waals surface area contributed by atoms with E-state index in [1.54, 1.807) is 6.92 Å². The van der Waals surface area contributed by atoms with Crippen LogP contribution < -0.4 is 10.9 Å². The van der Waals surface area contributed by atoms with E-state index in [1.165, 1.54) is 23.1 Å². The lowest BCUT2D eigenvalue weighted by Gasteiger charge is -2.11. The van der Waals surface area contributed by atoms with Gasteiger partial charge in [-0.25, -0.2) is 4.98 Å². The fraction of sp³-hybridized carbons (Fsp3) is 0.136. The number of benzene rings is 2. The number of aromatic amines is 1. The summed E-state index contributed by atoms with van der Waals surface area (Å²) < 4.78 is 0.944. The van der Waals surface area contributed by atoms with Gasteiger partial charge in [-0.05, 0) is 43.7 Å². The van der Waals surface area contributed by atoms with Crippen LogP contribution in [-0.4, -0.2) is 21.1 Å². The summed E-state index contributed by atoms with van der Waals surface area (Å²) in [4.78, 5) is 34.6. The maximum absolute atomic E-state index is 12.9. The number of amides is 1. The number of fused-ring (bicyclic) bond motifs is 1. The topological polar surface area (TPSA) is 74.8 Å². The number of aromatic nitrogens is 2. The predicted molar refractivity (Wildman–Crippen MR) is 129 cm³/mol. The van der Waals surface area contributed by atoms with E-state index in [0.29, 0.717) is 21.1 Å². The third-order valence-corrected chi connectivity index (χ3v) is 7.06. The number of rotatable bonds is 5. The Balaban J connectivity index is 1.59. The first-order valence-electron chi connectivity index (χ1n) is 9.24. The number of nitrogens with one attached hydrogen (secondary N) is 2. The van der Waals surface area contributed by atoms with Gasteiger partial charge in [0.05, 0.1) is 10.6 Å². The summed E-state index contributed by atoms with van der Waals surface area (Å²) >= 11 is 6.10. The van der Waals surface area contributed by atoms with E-state index in [9.17, 15) is 9.59 Å². The molecule has 1 amide bonds. The van der Waals surface area contributed by atoms with Crippen molar-refractivity contribution < 1.29 is 4.79 Å². The summed E-state index contributed by atoms with van der Waals surface area (Å²) in [5.41, 5.74) is 2.44. The van der Waals surface area contributed by atoms with Crippen LogP contribution in [0.2, 0.25) is 0 Å². The molecule has 0 radical (unpaired) electrons. The number of thioether (sulfide) groups is 1. The maximum Gasteiger partial charge on any atom is 0.260 e. The molecule has 0 fully saturated rings. The Morgan fingerprint density at radius 1 is 1.17 bits per heavy atom. The summed E-state index contributed by atoms with van der Waals surface area (Å²) in [5, 5.41) is 3.49. The lowest BCUT2D eigenvalue weighted by atomic mass is 10.0. The number of carbonyl (C=O) groups excluding carboxylic acids is 1. The van der Waals surface area contributed by atoms with Crippen molar-refractivity contribution in [1.82, 2.24) is 9.97 Å². The van der Waals surface area contributed by atoms with Gasteiger partial charge < -0.3 is 10.3 Å². The Hall–Kier alpha value is -2.42. The first kappa shape index (κ1) is 20.8. The average molecular weight is 500 g/mol. The van der Waals surface area contributed by atoms with Crippen molar-refractivity contribution in [2.45, 2.75) is 24.3 Å². The number of hydrogen-bond donors (Lipinski definition) is 2. The van der Waals surface area contributed by atoms with Gasteiger partial charge >= 0.3 is 0 Å². The number of thiophene rings is 1. The molecular weight excluding hydrogens is 482 g/mol. The largest absolute Gasteiger partial charge is 0.325 e. The van der Waals surface area contributed by atoms with Crippen LogP contribution in [0.5, 0.6) is 0 Å². The molecule has 1 unspecified atom stereocenters. The molecule has 30 heavy (non-hydrogen) atoms. The molecule has 1 atom stereocenters. The fourth-order valence-corrected chi connectivity index (χ4v) is 5.27. The molecule has 2 N–H and O–H groups in total. The highest BCUT2D eigenvalue weighted by atomic mass is 79.9. The minimum atomic E-state index is -0.427. The van der Waals surface area contributed by atoms with Gasteiger partial charge in [0.25, 0.3) is 5.56 Å². The van der Waals surface area contributed by atoms with Crippen LogP contribution in [0.3, 0.4) is 0 Å². The van der Waals surface area contributed by atoms with E-state index in [4.69, 9.17) is 0 Å². The molecule has 0 aliphatic carbocycles. The molecule has 2 heterocycles. The van der Waals surface area contributed by atoms with Gasteiger partial charge in [0.1, 0.15) is 4.83 Å². The third kappa shape index (κ3) is 4.35. The molecule has 0 spiro atoms. The SMILES string of the molecule is Cc1sc2nc(SC(C)C(=O)Nc3ccc(Br)cc3)[nH]c(=O)c2c1-c1ccccc1. The average Bonchev–Trinajstić information content (AvgIpc) is 3.06. The summed E-state index contributed by atoms with van der Waals surface area (Å²) in [6.45, 7) is 3.79. The van der Waals surface area contributed by atoms with Gasteiger partial charge in [-0.15, -0.1) is 11.3 Å². The number of nitrogens with zero attached hydrogens (tertiary/aromatic N) is 1. The van der Waals surface area contributed by atoms with E-state index in [2.05, 4.69) is 31.2 Å². The molecule has 0 bridgehead atoms. The minimum absolute atomic E-state index is 0.155. The minimum Gasteiger partial charge on any atom is -0.325 e. The van der Waals surface area contributed by atoms with E-state index in [0.717, 1.165) is 20.5 Å². The number of carbonyl (C=O) groups is 1. The Kier molecular flexibility index (Phi) is 6.08. The van der Waals surface area contributed by atoms with Gasteiger partial charge in [-0.3, -0.25) is 9.59 Å². The highest BCUT2D eigenvalue weighted by Gasteiger charge is 2.20. The zero-order valence-electron chi connectivity index (χ0n) is 16.2. The summed E-state index contributed by atoms with van der Waals surface area (Å²) in [6.07, 6.45) is 0. The van der Waals surface area contributed by atoms with Crippen molar-refractivity contribution in [3.63, 3.8) is 0 Å². The Morgan fingerprint density at radius 2 is 1.87 bits per heavy atom. The van der Waals surface area contributed by atoms with Crippen LogP contribution >= 0.6 is 39.0 Å². The molecular formula is C22H18BrN3O2S2. The molecule has 0 aliphatic heterocycles.